The average Bonchev–Trinajstić information content (AvgIpc) is 2.53. The molecule has 0 aliphatic heterocycles. The van der Waals surface area contributed by atoms with Gasteiger partial charge in [-0.25, -0.2) is 0 Å². The minimum Gasteiger partial charge on any atom is -0.497 e. The highest BCUT2D eigenvalue weighted by Gasteiger charge is 2.16. The maximum Gasteiger partial charge on any atom is 0.124 e. The Bertz CT molecular complexity index is 609. The lowest BCUT2D eigenvalue weighted by molar-refractivity contribution is 0.392. The topological polar surface area (TPSA) is 53.7 Å². The highest BCUT2D eigenvalue weighted by Crippen LogP contribution is 2.34. The van der Waals surface area contributed by atoms with Crippen LogP contribution in [0.5, 0.6) is 17.2 Å². The molecule has 2 aromatic carbocycles. The summed E-state index contributed by atoms with van der Waals surface area (Å²) in [6.45, 7) is 0. The van der Waals surface area contributed by atoms with Crippen molar-refractivity contribution < 1.29 is 14.2 Å². The summed E-state index contributed by atoms with van der Waals surface area (Å²) >= 11 is 3.46. The standard InChI is InChI=1S/C16H18BrNO3/c1-19-12-6-10(7-13(9-12)20-2)16(18)14-8-11(17)4-5-15(14)21-3/h4-9,16H,18H2,1-3H3. The molecular formula is C16H18BrNO3. The Hall–Kier alpha value is -1.72. The lowest BCUT2D eigenvalue weighted by Crippen LogP contribution is -2.13. The van der Waals surface area contributed by atoms with Gasteiger partial charge in [-0.1, -0.05) is 15.9 Å². The van der Waals surface area contributed by atoms with Gasteiger partial charge in [-0.2, -0.15) is 0 Å². The molecule has 0 bridgehead atoms. The number of hydrogen-bond donors (Lipinski definition) is 1. The fourth-order valence-electron chi connectivity index (χ4n) is 2.14. The van der Waals surface area contributed by atoms with E-state index in [4.69, 9.17) is 19.9 Å². The van der Waals surface area contributed by atoms with E-state index in [0.29, 0.717) is 11.5 Å². The predicted octanol–water partition coefficient (Wildman–Crippen LogP) is 3.52. The molecule has 4 nitrogen and oxygen atoms in total. The smallest absolute Gasteiger partial charge is 0.124 e. The summed E-state index contributed by atoms with van der Waals surface area (Å²) in [6, 6.07) is 11.0. The lowest BCUT2D eigenvalue weighted by Gasteiger charge is -2.18. The maximum absolute atomic E-state index is 6.40. The second-order valence-electron chi connectivity index (χ2n) is 4.51. The van der Waals surface area contributed by atoms with E-state index in [2.05, 4.69) is 15.9 Å². The van der Waals surface area contributed by atoms with Crippen molar-refractivity contribution >= 4 is 15.9 Å². The molecule has 2 aromatic rings. The minimum absolute atomic E-state index is 0.346. The van der Waals surface area contributed by atoms with E-state index in [1.807, 2.05) is 36.4 Å². The van der Waals surface area contributed by atoms with Crippen molar-refractivity contribution in [2.24, 2.45) is 5.73 Å². The van der Waals surface area contributed by atoms with Crippen LogP contribution in [-0.4, -0.2) is 21.3 Å². The molecule has 0 radical (unpaired) electrons. The Kier molecular flexibility index (Phi) is 5.09. The number of nitrogens with two attached hydrogens (primary N) is 1. The zero-order valence-electron chi connectivity index (χ0n) is 12.2. The number of rotatable bonds is 5. The summed E-state index contributed by atoms with van der Waals surface area (Å²) in [5.74, 6) is 2.15. The van der Waals surface area contributed by atoms with E-state index in [1.165, 1.54) is 0 Å². The van der Waals surface area contributed by atoms with Crippen LogP contribution in [-0.2, 0) is 0 Å². The molecule has 0 aliphatic rings. The summed E-state index contributed by atoms with van der Waals surface area (Å²) < 4.78 is 16.9. The van der Waals surface area contributed by atoms with Gasteiger partial charge in [0, 0.05) is 16.1 Å². The molecule has 21 heavy (non-hydrogen) atoms. The van der Waals surface area contributed by atoms with E-state index < -0.39 is 0 Å². The van der Waals surface area contributed by atoms with E-state index >= 15 is 0 Å². The molecule has 0 heterocycles. The number of halogens is 1. The van der Waals surface area contributed by atoms with Gasteiger partial charge >= 0.3 is 0 Å². The van der Waals surface area contributed by atoms with Crippen molar-refractivity contribution in [3.8, 4) is 17.2 Å². The maximum atomic E-state index is 6.40. The Morgan fingerprint density at radius 2 is 1.52 bits per heavy atom. The molecule has 0 saturated carbocycles. The summed E-state index contributed by atoms with van der Waals surface area (Å²) in [6.07, 6.45) is 0. The van der Waals surface area contributed by atoms with Crippen LogP contribution in [0.4, 0.5) is 0 Å². The van der Waals surface area contributed by atoms with Crippen LogP contribution >= 0.6 is 15.9 Å². The first-order valence-electron chi connectivity index (χ1n) is 6.41. The molecule has 1 unspecified atom stereocenters. The largest absolute Gasteiger partial charge is 0.497 e. The third-order valence-electron chi connectivity index (χ3n) is 3.26. The Balaban J connectivity index is 2.48. The van der Waals surface area contributed by atoms with Crippen LogP contribution in [0.3, 0.4) is 0 Å². The van der Waals surface area contributed by atoms with Gasteiger partial charge in [0.2, 0.25) is 0 Å². The third kappa shape index (κ3) is 3.49. The van der Waals surface area contributed by atoms with E-state index in [0.717, 1.165) is 21.3 Å². The minimum atomic E-state index is -0.346. The van der Waals surface area contributed by atoms with Crippen molar-refractivity contribution in [2.75, 3.05) is 21.3 Å². The zero-order valence-corrected chi connectivity index (χ0v) is 13.8. The van der Waals surface area contributed by atoms with Gasteiger partial charge in [0.15, 0.2) is 0 Å². The summed E-state index contributed by atoms with van der Waals surface area (Å²) in [5, 5.41) is 0. The molecule has 0 spiro atoms. The van der Waals surface area contributed by atoms with Gasteiger partial charge in [0.05, 0.1) is 27.4 Å². The molecular weight excluding hydrogens is 334 g/mol. The van der Waals surface area contributed by atoms with Gasteiger partial charge in [0.1, 0.15) is 17.2 Å². The second kappa shape index (κ2) is 6.83. The van der Waals surface area contributed by atoms with Crippen molar-refractivity contribution in [1.29, 1.82) is 0 Å². The molecule has 112 valence electrons. The van der Waals surface area contributed by atoms with Gasteiger partial charge in [-0.05, 0) is 35.9 Å². The third-order valence-corrected chi connectivity index (χ3v) is 3.75. The molecule has 0 amide bonds. The summed E-state index contributed by atoms with van der Waals surface area (Å²) in [5.41, 5.74) is 8.18. The highest BCUT2D eigenvalue weighted by molar-refractivity contribution is 9.10. The van der Waals surface area contributed by atoms with Gasteiger partial charge in [-0.15, -0.1) is 0 Å². The normalized spacial score (nSPS) is 11.9. The molecule has 0 saturated heterocycles. The van der Waals surface area contributed by atoms with Gasteiger partial charge in [-0.3, -0.25) is 0 Å². The fourth-order valence-corrected chi connectivity index (χ4v) is 2.52. The number of benzene rings is 2. The first-order chi connectivity index (χ1) is 10.1. The van der Waals surface area contributed by atoms with E-state index in [9.17, 15) is 0 Å². The SMILES string of the molecule is COc1cc(OC)cc(C(N)c2cc(Br)ccc2OC)c1. The lowest BCUT2D eigenvalue weighted by atomic mass is 9.98. The van der Waals surface area contributed by atoms with E-state index in [1.54, 1.807) is 21.3 Å². The molecule has 0 aromatic heterocycles. The van der Waals surface area contributed by atoms with Gasteiger partial charge in [0.25, 0.3) is 0 Å². The number of ether oxygens (including phenoxy) is 3. The first-order valence-corrected chi connectivity index (χ1v) is 7.20. The van der Waals surface area contributed by atoms with Crippen LogP contribution in [0.2, 0.25) is 0 Å². The molecule has 1 atom stereocenters. The molecule has 2 rings (SSSR count). The van der Waals surface area contributed by atoms with Crippen LogP contribution in [0.15, 0.2) is 40.9 Å². The zero-order chi connectivity index (χ0) is 15.4. The van der Waals surface area contributed by atoms with Gasteiger partial charge < -0.3 is 19.9 Å². The predicted molar refractivity (Wildman–Crippen MR) is 86.3 cm³/mol. The monoisotopic (exact) mass is 351 g/mol. The summed E-state index contributed by atoms with van der Waals surface area (Å²) in [4.78, 5) is 0. The number of methoxy groups -OCH3 is 3. The fraction of sp³-hybridized carbons (Fsp3) is 0.250. The Morgan fingerprint density at radius 3 is 2.05 bits per heavy atom. The molecule has 5 heteroatoms. The first kappa shape index (κ1) is 15.7. The quantitative estimate of drug-likeness (QED) is 0.895. The van der Waals surface area contributed by atoms with Crippen LogP contribution < -0.4 is 19.9 Å². The van der Waals surface area contributed by atoms with Crippen LogP contribution in [0, 0.1) is 0 Å². The highest BCUT2D eigenvalue weighted by atomic mass is 79.9. The summed E-state index contributed by atoms with van der Waals surface area (Å²) in [7, 11) is 4.86. The Labute approximate surface area is 132 Å². The van der Waals surface area contributed by atoms with Crippen LogP contribution in [0.25, 0.3) is 0 Å². The number of hydrogen-bond acceptors (Lipinski definition) is 4. The second-order valence-corrected chi connectivity index (χ2v) is 5.43. The molecule has 0 fully saturated rings. The van der Waals surface area contributed by atoms with Crippen molar-refractivity contribution in [3.63, 3.8) is 0 Å². The average molecular weight is 352 g/mol. The van der Waals surface area contributed by atoms with Crippen molar-refractivity contribution in [1.82, 2.24) is 0 Å². The van der Waals surface area contributed by atoms with E-state index in [-0.39, 0.29) is 6.04 Å². The van der Waals surface area contributed by atoms with Crippen molar-refractivity contribution in [2.45, 2.75) is 6.04 Å². The molecule has 0 aliphatic carbocycles. The van der Waals surface area contributed by atoms with Crippen LogP contribution in [0.1, 0.15) is 17.2 Å². The van der Waals surface area contributed by atoms with Crippen molar-refractivity contribution in [3.05, 3.63) is 52.0 Å². The Morgan fingerprint density at radius 1 is 0.905 bits per heavy atom. The molecule has 2 N–H and O–H groups in total.